The van der Waals surface area contributed by atoms with Crippen molar-refractivity contribution in [3.63, 3.8) is 0 Å². The number of hydrogen-bond acceptors (Lipinski definition) is 4. The highest BCUT2D eigenvalue weighted by molar-refractivity contribution is 5.83. The van der Waals surface area contributed by atoms with Gasteiger partial charge in [-0.1, -0.05) is 6.07 Å². The summed E-state index contributed by atoms with van der Waals surface area (Å²) in [7, 11) is 1.79. The molecule has 3 aromatic rings. The number of hydrogen-bond donors (Lipinski definition) is 1. The van der Waals surface area contributed by atoms with Crippen LogP contribution in [0.3, 0.4) is 0 Å². The molecule has 1 aliphatic rings. The molecule has 3 heterocycles. The lowest BCUT2D eigenvalue weighted by Gasteiger charge is -2.24. The Kier molecular flexibility index (Phi) is 3.46. The van der Waals surface area contributed by atoms with Crippen LogP contribution < -0.4 is 5.69 Å². The van der Waals surface area contributed by atoms with E-state index in [2.05, 4.69) is 15.2 Å². The molecule has 0 unspecified atom stereocenters. The molecule has 0 atom stereocenters. The minimum Gasteiger partial charge on any atom is -0.381 e. The highest BCUT2D eigenvalue weighted by atomic mass is 16.5. The Labute approximate surface area is 133 Å². The zero-order valence-electron chi connectivity index (χ0n) is 13.0. The van der Waals surface area contributed by atoms with Gasteiger partial charge in [-0.25, -0.2) is 4.79 Å². The molecular formula is C17H18N4O2. The van der Waals surface area contributed by atoms with Gasteiger partial charge in [0.1, 0.15) is 0 Å². The van der Waals surface area contributed by atoms with E-state index < -0.39 is 0 Å². The predicted octanol–water partition coefficient (Wildman–Crippen LogP) is 2.22. The second-order valence-corrected chi connectivity index (χ2v) is 5.97. The molecule has 1 aliphatic heterocycles. The van der Waals surface area contributed by atoms with Crippen molar-refractivity contribution in [2.45, 2.75) is 18.8 Å². The van der Waals surface area contributed by atoms with Gasteiger partial charge in [-0.15, -0.1) is 0 Å². The first kappa shape index (κ1) is 14.1. The van der Waals surface area contributed by atoms with Crippen LogP contribution in [0.25, 0.3) is 22.2 Å². The summed E-state index contributed by atoms with van der Waals surface area (Å²) in [5.41, 5.74) is 3.46. The predicted molar refractivity (Wildman–Crippen MR) is 87.4 cm³/mol. The summed E-state index contributed by atoms with van der Waals surface area (Å²) in [4.78, 5) is 16.5. The number of benzene rings is 1. The van der Waals surface area contributed by atoms with Gasteiger partial charge in [0.25, 0.3) is 0 Å². The number of fused-ring (bicyclic) bond motifs is 1. The van der Waals surface area contributed by atoms with E-state index >= 15 is 0 Å². The molecule has 0 radical (unpaired) electrons. The second kappa shape index (κ2) is 5.62. The topological polar surface area (TPSA) is 72.8 Å². The molecule has 0 aliphatic carbocycles. The number of H-pyrrole nitrogens is 1. The number of aromatic nitrogens is 4. The molecule has 6 heteroatoms. The molecule has 0 amide bonds. The van der Waals surface area contributed by atoms with Crippen molar-refractivity contribution in [2.75, 3.05) is 13.2 Å². The summed E-state index contributed by atoms with van der Waals surface area (Å²) in [5.74, 6) is 0.348. The number of nitrogens with zero attached hydrogens (tertiary/aromatic N) is 3. The van der Waals surface area contributed by atoms with E-state index in [0.717, 1.165) is 53.9 Å². The van der Waals surface area contributed by atoms with Gasteiger partial charge >= 0.3 is 5.69 Å². The van der Waals surface area contributed by atoms with Crippen molar-refractivity contribution in [3.05, 3.63) is 46.6 Å². The van der Waals surface area contributed by atoms with E-state index in [9.17, 15) is 4.79 Å². The fraction of sp³-hybridized carbons (Fsp3) is 0.353. The number of rotatable bonds is 2. The van der Waals surface area contributed by atoms with Crippen LogP contribution in [0.15, 0.2) is 35.3 Å². The summed E-state index contributed by atoms with van der Waals surface area (Å²) in [6.07, 6.45) is 3.66. The van der Waals surface area contributed by atoms with Crippen molar-refractivity contribution in [1.82, 2.24) is 19.7 Å². The van der Waals surface area contributed by atoms with Crippen LogP contribution in [0, 0.1) is 0 Å². The van der Waals surface area contributed by atoms with E-state index in [1.165, 1.54) is 0 Å². The summed E-state index contributed by atoms with van der Waals surface area (Å²) < 4.78 is 7.09. The Morgan fingerprint density at radius 3 is 2.91 bits per heavy atom. The van der Waals surface area contributed by atoms with Crippen LogP contribution in [0.5, 0.6) is 0 Å². The second-order valence-electron chi connectivity index (χ2n) is 5.97. The Morgan fingerprint density at radius 2 is 2.09 bits per heavy atom. The van der Waals surface area contributed by atoms with Gasteiger partial charge in [-0.2, -0.15) is 10.1 Å². The fourth-order valence-electron chi connectivity index (χ4n) is 3.19. The molecule has 0 bridgehead atoms. The average molecular weight is 310 g/mol. The summed E-state index contributed by atoms with van der Waals surface area (Å²) in [6.45, 7) is 1.50. The average Bonchev–Trinajstić information content (AvgIpc) is 3.05. The van der Waals surface area contributed by atoms with Gasteiger partial charge in [0, 0.05) is 42.8 Å². The zero-order valence-corrected chi connectivity index (χ0v) is 13.0. The smallest absolute Gasteiger partial charge is 0.348 e. The fourth-order valence-corrected chi connectivity index (χ4v) is 3.19. The SMILES string of the molecule is Cn1c(C2CCOCC2)cc(-c2ccc3[nH]ncc3c2)nc1=O. The van der Waals surface area contributed by atoms with Crippen molar-refractivity contribution < 1.29 is 4.74 Å². The van der Waals surface area contributed by atoms with E-state index in [0.29, 0.717) is 5.92 Å². The lowest BCUT2D eigenvalue weighted by Crippen LogP contribution is -2.27. The van der Waals surface area contributed by atoms with Gasteiger partial charge in [0.2, 0.25) is 0 Å². The molecule has 6 nitrogen and oxygen atoms in total. The monoisotopic (exact) mass is 310 g/mol. The molecule has 1 saturated heterocycles. The van der Waals surface area contributed by atoms with Crippen LogP contribution in [-0.2, 0) is 11.8 Å². The largest absolute Gasteiger partial charge is 0.381 e. The molecule has 1 fully saturated rings. The van der Waals surface area contributed by atoms with Crippen LogP contribution >= 0.6 is 0 Å². The van der Waals surface area contributed by atoms with Gasteiger partial charge in [0.05, 0.1) is 17.4 Å². The zero-order chi connectivity index (χ0) is 15.8. The van der Waals surface area contributed by atoms with Crippen LogP contribution in [-0.4, -0.2) is 33.0 Å². The van der Waals surface area contributed by atoms with Gasteiger partial charge < -0.3 is 4.74 Å². The third-order valence-electron chi connectivity index (χ3n) is 4.55. The van der Waals surface area contributed by atoms with Gasteiger partial charge in [-0.05, 0) is 31.0 Å². The first-order valence-electron chi connectivity index (χ1n) is 7.81. The molecule has 0 spiro atoms. The lowest BCUT2D eigenvalue weighted by atomic mass is 9.94. The standard InChI is InChI=1S/C17H18N4O2/c1-21-16(11-4-6-23-7-5-11)9-15(19-17(21)22)12-2-3-14-13(8-12)10-18-20-14/h2-3,8-11H,4-7H2,1H3,(H,18,20). The summed E-state index contributed by atoms with van der Waals surface area (Å²) in [6, 6.07) is 7.98. The minimum atomic E-state index is -0.212. The normalized spacial score (nSPS) is 16.0. The number of ether oxygens (including phenoxy) is 1. The summed E-state index contributed by atoms with van der Waals surface area (Å²) >= 11 is 0. The maximum atomic E-state index is 12.3. The Bertz CT molecular complexity index is 906. The van der Waals surface area contributed by atoms with E-state index in [-0.39, 0.29) is 5.69 Å². The minimum absolute atomic E-state index is 0.212. The Hall–Kier alpha value is -2.47. The molecule has 23 heavy (non-hydrogen) atoms. The van der Waals surface area contributed by atoms with Crippen molar-refractivity contribution in [1.29, 1.82) is 0 Å². The van der Waals surface area contributed by atoms with Crippen molar-refractivity contribution in [2.24, 2.45) is 7.05 Å². The van der Waals surface area contributed by atoms with Crippen LogP contribution in [0.2, 0.25) is 0 Å². The molecule has 0 saturated carbocycles. The molecule has 4 rings (SSSR count). The Balaban J connectivity index is 1.81. The number of aromatic amines is 1. The van der Waals surface area contributed by atoms with Crippen molar-refractivity contribution >= 4 is 10.9 Å². The lowest BCUT2D eigenvalue weighted by molar-refractivity contribution is 0.0837. The summed E-state index contributed by atoms with van der Waals surface area (Å²) in [5, 5.41) is 7.98. The van der Waals surface area contributed by atoms with E-state index in [4.69, 9.17) is 4.74 Å². The maximum absolute atomic E-state index is 12.3. The maximum Gasteiger partial charge on any atom is 0.348 e. The quantitative estimate of drug-likeness (QED) is 0.787. The van der Waals surface area contributed by atoms with Gasteiger partial charge in [0.15, 0.2) is 0 Å². The van der Waals surface area contributed by atoms with Crippen LogP contribution in [0.4, 0.5) is 0 Å². The molecule has 1 aromatic carbocycles. The highest BCUT2D eigenvalue weighted by Gasteiger charge is 2.20. The highest BCUT2D eigenvalue weighted by Crippen LogP contribution is 2.28. The third kappa shape index (κ3) is 2.55. The van der Waals surface area contributed by atoms with Crippen LogP contribution in [0.1, 0.15) is 24.5 Å². The molecule has 118 valence electrons. The molecule has 1 N–H and O–H groups in total. The van der Waals surface area contributed by atoms with Gasteiger partial charge in [-0.3, -0.25) is 9.67 Å². The number of nitrogens with one attached hydrogen (secondary N) is 1. The third-order valence-corrected chi connectivity index (χ3v) is 4.55. The van der Waals surface area contributed by atoms with E-state index in [1.54, 1.807) is 17.8 Å². The van der Waals surface area contributed by atoms with Crippen molar-refractivity contribution in [3.8, 4) is 11.3 Å². The molecular weight excluding hydrogens is 292 g/mol. The molecule has 2 aromatic heterocycles. The first-order valence-corrected chi connectivity index (χ1v) is 7.81. The Morgan fingerprint density at radius 1 is 1.26 bits per heavy atom. The first-order chi connectivity index (χ1) is 11.2. The van der Waals surface area contributed by atoms with E-state index in [1.807, 2.05) is 24.3 Å².